The number of fused-ring (bicyclic) bond motifs is 1. The van der Waals surface area contributed by atoms with E-state index < -0.39 is 0 Å². The van der Waals surface area contributed by atoms with Crippen molar-refractivity contribution in [3.05, 3.63) is 23.8 Å². The molecular weight excluding hydrogens is 310 g/mol. The van der Waals surface area contributed by atoms with Gasteiger partial charge in [-0.05, 0) is 29.5 Å². The van der Waals surface area contributed by atoms with E-state index in [1.807, 2.05) is 22.7 Å². The third-order valence-electron chi connectivity index (χ3n) is 4.14. The number of carbonyl (C=O) groups is 1. The first kappa shape index (κ1) is 16.5. The third kappa shape index (κ3) is 4.14. The Kier molecular flexibility index (Phi) is 4.76. The average molecular weight is 335 g/mol. The smallest absolute Gasteiger partial charge is 0.231 e. The van der Waals surface area contributed by atoms with Crippen LogP contribution in [0.4, 0.5) is 0 Å². The minimum absolute atomic E-state index is 0.0489. The van der Waals surface area contributed by atoms with E-state index in [4.69, 9.17) is 9.47 Å². The molecular formula is C18H25NO3S. The predicted molar refractivity (Wildman–Crippen MR) is 93.0 cm³/mol. The first-order valence-corrected chi connectivity index (χ1v) is 9.26. The number of thioether (sulfide) groups is 1. The Labute approximate surface area is 142 Å². The van der Waals surface area contributed by atoms with Crippen LogP contribution in [0.2, 0.25) is 0 Å². The highest BCUT2D eigenvalue weighted by molar-refractivity contribution is 7.99. The molecule has 1 unspecified atom stereocenters. The lowest BCUT2D eigenvalue weighted by atomic mass is 9.91. The summed E-state index contributed by atoms with van der Waals surface area (Å²) in [5.74, 6) is 2.93. The van der Waals surface area contributed by atoms with Crippen molar-refractivity contribution in [3.8, 4) is 11.5 Å². The molecule has 5 heteroatoms. The molecule has 0 radical (unpaired) electrons. The Morgan fingerprint density at radius 2 is 2.04 bits per heavy atom. The van der Waals surface area contributed by atoms with E-state index in [9.17, 15) is 4.79 Å². The molecule has 0 aromatic heterocycles. The van der Waals surface area contributed by atoms with Crippen molar-refractivity contribution in [1.82, 2.24) is 4.90 Å². The van der Waals surface area contributed by atoms with Gasteiger partial charge in [-0.25, -0.2) is 0 Å². The van der Waals surface area contributed by atoms with Crippen LogP contribution < -0.4 is 9.47 Å². The van der Waals surface area contributed by atoms with Gasteiger partial charge in [0.2, 0.25) is 12.7 Å². The fourth-order valence-corrected chi connectivity index (χ4v) is 4.19. The van der Waals surface area contributed by atoms with Crippen molar-refractivity contribution in [2.24, 2.45) is 5.41 Å². The van der Waals surface area contributed by atoms with Gasteiger partial charge in [0, 0.05) is 30.5 Å². The second kappa shape index (κ2) is 6.63. The zero-order valence-corrected chi connectivity index (χ0v) is 14.9. The van der Waals surface area contributed by atoms with Gasteiger partial charge in [0.15, 0.2) is 11.5 Å². The van der Waals surface area contributed by atoms with Gasteiger partial charge >= 0.3 is 0 Å². The zero-order valence-electron chi connectivity index (χ0n) is 14.1. The minimum atomic E-state index is 0.0489. The van der Waals surface area contributed by atoms with Gasteiger partial charge in [0.05, 0.1) is 0 Å². The number of nitrogens with zero attached hydrogens (tertiary/aromatic N) is 1. The van der Waals surface area contributed by atoms with Gasteiger partial charge in [0.1, 0.15) is 0 Å². The summed E-state index contributed by atoms with van der Waals surface area (Å²) in [6.07, 6.45) is 1.60. The van der Waals surface area contributed by atoms with Crippen LogP contribution in [0.5, 0.6) is 11.5 Å². The highest BCUT2D eigenvalue weighted by Crippen LogP contribution is 2.40. The minimum Gasteiger partial charge on any atom is -0.454 e. The summed E-state index contributed by atoms with van der Waals surface area (Å²) >= 11 is 1.93. The van der Waals surface area contributed by atoms with E-state index in [2.05, 4.69) is 32.9 Å². The second-order valence-corrected chi connectivity index (χ2v) is 8.69. The van der Waals surface area contributed by atoms with Crippen molar-refractivity contribution < 1.29 is 14.3 Å². The molecule has 2 aliphatic rings. The van der Waals surface area contributed by atoms with E-state index in [-0.39, 0.29) is 11.3 Å². The van der Waals surface area contributed by atoms with Crippen LogP contribution in [-0.2, 0) is 4.79 Å². The molecule has 2 aliphatic heterocycles. The van der Waals surface area contributed by atoms with Crippen LogP contribution in [0.15, 0.2) is 18.2 Å². The number of hydrogen-bond donors (Lipinski definition) is 0. The van der Waals surface area contributed by atoms with E-state index in [1.54, 1.807) is 0 Å². The number of ether oxygens (including phenoxy) is 2. The maximum absolute atomic E-state index is 12.4. The quantitative estimate of drug-likeness (QED) is 0.823. The molecule has 0 bridgehead atoms. The molecule has 1 atom stereocenters. The van der Waals surface area contributed by atoms with Crippen LogP contribution in [0.25, 0.3) is 0 Å². The van der Waals surface area contributed by atoms with E-state index >= 15 is 0 Å². The van der Waals surface area contributed by atoms with Gasteiger partial charge in [-0.1, -0.05) is 26.8 Å². The van der Waals surface area contributed by atoms with Crippen LogP contribution in [0.1, 0.15) is 44.4 Å². The molecule has 1 fully saturated rings. The fourth-order valence-electron chi connectivity index (χ4n) is 2.96. The summed E-state index contributed by atoms with van der Waals surface area (Å²) < 4.78 is 10.9. The Morgan fingerprint density at radius 3 is 2.83 bits per heavy atom. The molecule has 0 aliphatic carbocycles. The summed E-state index contributed by atoms with van der Waals surface area (Å²) in [6.45, 7) is 8.35. The number of rotatable bonds is 2. The van der Waals surface area contributed by atoms with E-state index in [1.165, 1.54) is 5.56 Å². The van der Waals surface area contributed by atoms with Crippen LogP contribution >= 0.6 is 11.8 Å². The summed E-state index contributed by atoms with van der Waals surface area (Å²) in [4.78, 5) is 14.5. The molecule has 4 nitrogen and oxygen atoms in total. The SMILES string of the molecule is CC(C)(C)CC(=O)N1CCSC(c2ccc3c(c2)OCO3)CC1. The zero-order chi connectivity index (χ0) is 16.4. The topological polar surface area (TPSA) is 38.8 Å². The van der Waals surface area contributed by atoms with Crippen molar-refractivity contribution >= 4 is 17.7 Å². The van der Waals surface area contributed by atoms with Crippen molar-refractivity contribution in [2.45, 2.75) is 38.9 Å². The standard InChI is InChI=1S/C18H25NO3S/c1-18(2,3)11-17(20)19-7-6-16(23-9-8-19)13-4-5-14-15(10-13)22-12-21-14/h4-5,10,16H,6-9,11-12H2,1-3H3. The number of carbonyl (C=O) groups excluding carboxylic acids is 1. The Hall–Kier alpha value is -1.36. The summed E-state index contributed by atoms with van der Waals surface area (Å²) in [5, 5.41) is 0.414. The molecule has 2 heterocycles. The number of amides is 1. The van der Waals surface area contributed by atoms with Crippen LogP contribution in [0.3, 0.4) is 0 Å². The second-order valence-electron chi connectivity index (χ2n) is 7.38. The molecule has 0 spiro atoms. The van der Waals surface area contributed by atoms with Crippen LogP contribution in [0, 0.1) is 5.41 Å². The van der Waals surface area contributed by atoms with Gasteiger partial charge < -0.3 is 14.4 Å². The predicted octanol–water partition coefficient (Wildman–Crippen LogP) is 3.86. The molecule has 23 heavy (non-hydrogen) atoms. The Morgan fingerprint density at radius 1 is 1.26 bits per heavy atom. The first-order chi connectivity index (χ1) is 10.9. The van der Waals surface area contributed by atoms with Gasteiger partial charge in [-0.3, -0.25) is 4.79 Å². The lowest BCUT2D eigenvalue weighted by molar-refractivity contribution is -0.132. The molecule has 1 saturated heterocycles. The van der Waals surface area contributed by atoms with Crippen LogP contribution in [-0.4, -0.2) is 36.4 Å². The highest BCUT2D eigenvalue weighted by atomic mass is 32.2. The van der Waals surface area contributed by atoms with Crippen molar-refractivity contribution in [3.63, 3.8) is 0 Å². The molecule has 1 amide bonds. The molecule has 0 N–H and O–H groups in total. The molecule has 1 aromatic rings. The van der Waals surface area contributed by atoms with Gasteiger partial charge in [-0.2, -0.15) is 11.8 Å². The number of hydrogen-bond acceptors (Lipinski definition) is 4. The first-order valence-electron chi connectivity index (χ1n) is 8.21. The van der Waals surface area contributed by atoms with Gasteiger partial charge in [0.25, 0.3) is 0 Å². The normalized spacial score (nSPS) is 21.2. The summed E-state index contributed by atoms with van der Waals surface area (Å²) in [7, 11) is 0. The summed E-state index contributed by atoms with van der Waals surface area (Å²) in [5.41, 5.74) is 1.32. The van der Waals surface area contributed by atoms with E-state index in [0.29, 0.717) is 18.5 Å². The Balaban J connectivity index is 1.63. The lowest BCUT2D eigenvalue weighted by Crippen LogP contribution is -2.35. The largest absolute Gasteiger partial charge is 0.454 e. The van der Waals surface area contributed by atoms with Gasteiger partial charge in [-0.15, -0.1) is 0 Å². The molecule has 1 aromatic carbocycles. The van der Waals surface area contributed by atoms with Crippen molar-refractivity contribution in [2.75, 3.05) is 25.6 Å². The number of benzene rings is 1. The maximum atomic E-state index is 12.4. The third-order valence-corrected chi connectivity index (χ3v) is 5.47. The average Bonchev–Trinajstić information content (AvgIpc) is 2.79. The van der Waals surface area contributed by atoms with E-state index in [0.717, 1.165) is 36.8 Å². The highest BCUT2D eigenvalue weighted by Gasteiger charge is 2.26. The van der Waals surface area contributed by atoms with Crippen molar-refractivity contribution in [1.29, 1.82) is 0 Å². The summed E-state index contributed by atoms with van der Waals surface area (Å²) in [6, 6.07) is 6.20. The lowest BCUT2D eigenvalue weighted by Gasteiger charge is -2.25. The molecule has 3 rings (SSSR count). The Bertz CT molecular complexity index is 582. The fraction of sp³-hybridized carbons (Fsp3) is 0.611. The monoisotopic (exact) mass is 335 g/mol. The molecule has 0 saturated carbocycles. The molecule has 126 valence electrons. The maximum Gasteiger partial charge on any atom is 0.231 e.